The highest BCUT2D eigenvalue weighted by molar-refractivity contribution is 6.33. The Morgan fingerprint density at radius 2 is 1.96 bits per heavy atom. The lowest BCUT2D eigenvalue weighted by atomic mass is 10.00. The van der Waals surface area contributed by atoms with Gasteiger partial charge in [-0.2, -0.15) is 0 Å². The van der Waals surface area contributed by atoms with Gasteiger partial charge in [-0.25, -0.2) is 4.39 Å². The van der Waals surface area contributed by atoms with Gasteiger partial charge in [0.1, 0.15) is 5.82 Å². The van der Waals surface area contributed by atoms with E-state index < -0.39 is 17.6 Å². The first-order valence-electron chi connectivity index (χ1n) is 7.07. The molecule has 0 radical (unpaired) electrons. The first-order chi connectivity index (χ1) is 11.4. The van der Waals surface area contributed by atoms with Crippen LogP contribution in [0.4, 0.5) is 10.1 Å². The van der Waals surface area contributed by atoms with E-state index in [0.29, 0.717) is 5.56 Å². The molecule has 122 valence electrons. The summed E-state index contributed by atoms with van der Waals surface area (Å²) < 4.78 is 13.0. The zero-order chi connectivity index (χ0) is 17.4. The molecule has 5 nitrogen and oxygen atoms in total. The summed E-state index contributed by atoms with van der Waals surface area (Å²) in [6, 6.07) is 8.42. The molecule has 0 aliphatic carbocycles. The van der Waals surface area contributed by atoms with Gasteiger partial charge >= 0.3 is 0 Å². The Balaban J connectivity index is 1.84. The molecule has 0 saturated heterocycles. The molecule has 0 atom stereocenters. The van der Waals surface area contributed by atoms with E-state index in [-0.39, 0.29) is 34.2 Å². The number of hydrogen-bond acceptors (Lipinski definition) is 3. The van der Waals surface area contributed by atoms with Crippen molar-refractivity contribution in [3.05, 3.63) is 63.9 Å². The first kappa shape index (κ1) is 16.1. The van der Waals surface area contributed by atoms with Crippen molar-refractivity contribution in [1.82, 2.24) is 4.90 Å². The van der Waals surface area contributed by atoms with Crippen LogP contribution in [-0.4, -0.2) is 29.7 Å². The van der Waals surface area contributed by atoms with Crippen molar-refractivity contribution in [1.29, 1.82) is 0 Å². The standard InChI is InChI=1S/C17H12ClFN2O3/c1-21-16(23)11-4-2-3-9(15(11)17(21)24)7-14(22)20-13-6-5-10(19)8-12(13)18/h2-6,8H,7H2,1H3,(H,20,22). The fraction of sp³-hybridized carbons (Fsp3) is 0.118. The van der Waals surface area contributed by atoms with Gasteiger partial charge in [0.2, 0.25) is 5.91 Å². The highest BCUT2D eigenvalue weighted by atomic mass is 35.5. The average Bonchev–Trinajstić information content (AvgIpc) is 2.76. The average molecular weight is 347 g/mol. The van der Waals surface area contributed by atoms with Gasteiger partial charge in [-0.05, 0) is 29.8 Å². The Kier molecular flexibility index (Phi) is 4.07. The van der Waals surface area contributed by atoms with Crippen LogP contribution < -0.4 is 5.32 Å². The summed E-state index contributed by atoms with van der Waals surface area (Å²) in [7, 11) is 1.40. The van der Waals surface area contributed by atoms with Crippen LogP contribution in [0, 0.1) is 5.82 Å². The van der Waals surface area contributed by atoms with Gasteiger partial charge in [-0.1, -0.05) is 23.7 Å². The third kappa shape index (κ3) is 2.76. The molecule has 0 spiro atoms. The summed E-state index contributed by atoms with van der Waals surface area (Å²) in [5.74, 6) is -1.75. The molecule has 0 saturated carbocycles. The molecule has 1 heterocycles. The van der Waals surface area contributed by atoms with E-state index in [4.69, 9.17) is 11.6 Å². The predicted octanol–water partition coefficient (Wildman–Crippen LogP) is 2.89. The quantitative estimate of drug-likeness (QED) is 0.869. The monoisotopic (exact) mass is 346 g/mol. The number of amides is 3. The summed E-state index contributed by atoms with van der Waals surface area (Å²) in [4.78, 5) is 37.4. The molecule has 0 aromatic heterocycles. The maximum atomic E-state index is 13.0. The van der Waals surface area contributed by atoms with Crippen LogP contribution in [0.3, 0.4) is 0 Å². The summed E-state index contributed by atoms with van der Waals surface area (Å²) in [6.45, 7) is 0. The lowest BCUT2D eigenvalue weighted by Gasteiger charge is -2.09. The summed E-state index contributed by atoms with van der Waals surface area (Å²) >= 11 is 5.87. The molecule has 2 aromatic carbocycles. The Morgan fingerprint density at radius 3 is 2.67 bits per heavy atom. The van der Waals surface area contributed by atoms with Gasteiger partial charge < -0.3 is 5.32 Å². The fourth-order valence-corrected chi connectivity index (χ4v) is 2.79. The molecular formula is C17H12ClFN2O3. The third-order valence-electron chi connectivity index (χ3n) is 3.76. The van der Waals surface area contributed by atoms with E-state index in [0.717, 1.165) is 11.0 Å². The van der Waals surface area contributed by atoms with E-state index in [9.17, 15) is 18.8 Å². The highest BCUT2D eigenvalue weighted by Crippen LogP contribution is 2.26. The van der Waals surface area contributed by atoms with Crippen molar-refractivity contribution < 1.29 is 18.8 Å². The maximum Gasteiger partial charge on any atom is 0.261 e. The second kappa shape index (κ2) is 6.05. The van der Waals surface area contributed by atoms with Crippen molar-refractivity contribution in [3.8, 4) is 0 Å². The third-order valence-corrected chi connectivity index (χ3v) is 4.07. The van der Waals surface area contributed by atoms with Crippen LogP contribution in [0.25, 0.3) is 0 Å². The van der Waals surface area contributed by atoms with Gasteiger partial charge in [0.05, 0.1) is 28.3 Å². The van der Waals surface area contributed by atoms with Gasteiger partial charge in [0, 0.05) is 7.05 Å². The van der Waals surface area contributed by atoms with E-state index >= 15 is 0 Å². The summed E-state index contributed by atoms with van der Waals surface area (Å²) in [6.07, 6.45) is -0.107. The molecule has 2 aromatic rings. The van der Waals surface area contributed by atoms with E-state index in [1.165, 1.54) is 19.2 Å². The fourth-order valence-electron chi connectivity index (χ4n) is 2.58. The molecular weight excluding hydrogens is 335 g/mol. The Labute approximate surface area is 142 Å². The van der Waals surface area contributed by atoms with Crippen molar-refractivity contribution >= 4 is 35.0 Å². The first-order valence-corrected chi connectivity index (χ1v) is 7.45. The number of rotatable bonds is 3. The molecule has 1 aliphatic rings. The van der Waals surface area contributed by atoms with Crippen molar-refractivity contribution in [3.63, 3.8) is 0 Å². The normalized spacial score (nSPS) is 13.2. The number of carbonyl (C=O) groups is 3. The number of imide groups is 1. The van der Waals surface area contributed by atoms with E-state index in [2.05, 4.69) is 5.32 Å². The van der Waals surface area contributed by atoms with E-state index in [1.54, 1.807) is 18.2 Å². The van der Waals surface area contributed by atoms with E-state index in [1.807, 2.05) is 0 Å². The topological polar surface area (TPSA) is 66.5 Å². The molecule has 7 heteroatoms. The van der Waals surface area contributed by atoms with Crippen LogP contribution in [0.15, 0.2) is 36.4 Å². The largest absolute Gasteiger partial charge is 0.324 e. The zero-order valence-electron chi connectivity index (χ0n) is 12.6. The Bertz CT molecular complexity index is 882. The van der Waals surface area contributed by atoms with Gasteiger partial charge in [-0.15, -0.1) is 0 Å². The smallest absolute Gasteiger partial charge is 0.261 e. The lowest BCUT2D eigenvalue weighted by Crippen LogP contribution is -2.24. The number of benzene rings is 2. The van der Waals surface area contributed by atoms with Crippen LogP contribution in [0.1, 0.15) is 26.3 Å². The zero-order valence-corrected chi connectivity index (χ0v) is 13.4. The van der Waals surface area contributed by atoms with Crippen molar-refractivity contribution in [2.24, 2.45) is 0 Å². The van der Waals surface area contributed by atoms with Gasteiger partial charge in [0.25, 0.3) is 11.8 Å². The van der Waals surface area contributed by atoms with Gasteiger partial charge in [-0.3, -0.25) is 19.3 Å². The Hall–Kier alpha value is -2.73. The second-order valence-corrected chi connectivity index (χ2v) is 5.77. The van der Waals surface area contributed by atoms with Crippen LogP contribution in [0.2, 0.25) is 5.02 Å². The molecule has 1 aliphatic heterocycles. The van der Waals surface area contributed by atoms with Crippen molar-refractivity contribution in [2.75, 3.05) is 12.4 Å². The maximum absolute atomic E-state index is 13.0. The minimum absolute atomic E-state index is 0.0765. The lowest BCUT2D eigenvalue weighted by molar-refractivity contribution is -0.115. The number of fused-ring (bicyclic) bond motifs is 1. The Morgan fingerprint density at radius 1 is 1.21 bits per heavy atom. The van der Waals surface area contributed by atoms with Crippen molar-refractivity contribution in [2.45, 2.75) is 6.42 Å². The molecule has 24 heavy (non-hydrogen) atoms. The van der Waals surface area contributed by atoms with Crippen LogP contribution in [-0.2, 0) is 11.2 Å². The number of nitrogens with zero attached hydrogens (tertiary/aromatic N) is 1. The number of anilines is 1. The molecule has 1 N–H and O–H groups in total. The molecule has 0 bridgehead atoms. The SMILES string of the molecule is CN1C(=O)c2cccc(CC(=O)Nc3ccc(F)cc3Cl)c2C1=O. The number of carbonyl (C=O) groups excluding carboxylic acids is 3. The minimum Gasteiger partial charge on any atom is -0.324 e. The minimum atomic E-state index is -0.508. The highest BCUT2D eigenvalue weighted by Gasteiger charge is 2.34. The van der Waals surface area contributed by atoms with Crippen LogP contribution >= 0.6 is 11.6 Å². The number of halogens is 2. The summed E-state index contributed by atoms with van der Waals surface area (Å²) in [5, 5.41) is 2.64. The molecule has 3 amide bonds. The van der Waals surface area contributed by atoms with Crippen LogP contribution in [0.5, 0.6) is 0 Å². The second-order valence-electron chi connectivity index (χ2n) is 5.36. The number of hydrogen-bond donors (Lipinski definition) is 1. The predicted molar refractivity (Wildman–Crippen MR) is 86.6 cm³/mol. The summed E-state index contributed by atoms with van der Waals surface area (Å²) in [5.41, 5.74) is 1.25. The number of nitrogens with one attached hydrogen (secondary N) is 1. The molecule has 0 fully saturated rings. The molecule has 3 rings (SSSR count). The van der Waals surface area contributed by atoms with Gasteiger partial charge in [0.15, 0.2) is 0 Å². The molecule has 0 unspecified atom stereocenters.